The summed E-state index contributed by atoms with van der Waals surface area (Å²) in [5, 5.41) is 0. The molecule has 0 unspecified atom stereocenters. The first kappa shape index (κ1) is 17.0. The van der Waals surface area contributed by atoms with Crippen molar-refractivity contribution in [1.82, 2.24) is 9.88 Å². The molecule has 2 heterocycles. The molecule has 5 nitrogen and oxygen atoms in total. The minimum absolute atomic E-state index is 0.0870. The fourth-order valence-electron chi connectivity index (χ4n) is 3.13. The van der Waals surface area contributed by atoms with E-state index in [2.05, 4.69) is 16.0 Å². The van der Waals surface area contributed by atoms with Crippen LogP contribution >= 0.6 is 0 Å². The van der Waals surface area contributed by atoms with Gasteiger partial charge in [-0.15, -0.1) is 0 Å². The van der Waals surface area contributed by atoms with Crippen LogP contribution in [0.3, 0.4) is 0 Å². The van der Waals surface area contributed by atoms with E-state index in [1.165, 1.54) is 12.8 Å². The molecule has 0 saturated carbocycles. The molecule has 1 aromatic carbocycles. The van der Waals surface area contributed by atoms with E-state index in [0.717, 1.165) is 36.6 Å². The number of ether oxygens (including phenoxy) is 1. The molecule has 1 fully saturated rings. The Kier molecular flexibility index (Phi) is 4.96. The quantitative estimate of drug-likeness (QED) is 0.871. The number of methoxy groups -OCH3 is 1. The monoisotopic (exact) mass is 348 g/mol. The van der Waals surface area contributed by atoms with Gasteiger partial charge in [-0.05, 0) is 56.3 Å². The third-order valence-electron chi connectivity index (χ3n) is 4.54. The first-order chi connectivity index (χ1) is 11.5. The summed E-state index contributed by atoms with van der Waals surface area (Å²) < 4.78 is 29.7. The van der Waals surface area contributed by atoms with Crippen LogP contribution in [0.5, 0.6) is 5.75 Å². The number of aromatic amines is 1. The fraction of sp³-hybridized carbons (Fsp3) is 0.444. The fourth-order valence-corrected chi connectivity index (χ4v) is 4.04. The van der Waals surface area contributed by atoms with Gasteiger partial charge in [0.2, 0.25) is 0 Å². The number of H-pyrrole nitrogens is 1. The number of rotatable bonds is 6. The van der Waals surface area contributed by atoms with Crippen molar-refractivity contribution in [2.24, 2.45) is 0 Å². The Labute approximate surface area is 143 Å². The summed E-state index contributed by atoms with van der Waals surface area (Å²) in [5.41, 5.74) is 2.80. The second kappa shape index (κ2) is 6.99. The highest BCUT2D eigenvalue weighted by Gasteiger charge is 2.17. The molecular weight excluding hydrogens is 324 g/mol. The number of aromatic nitrogens is 1. The molecule has 2 aromatic rings. The summed E-state index contributed by atoms with van der Waals surface area (Å²) in [6.07, 6.45) is 2.52. The zero-order chi connectivity index (χ0) is 17.2. The van der Waals surface area contributed by atoms with E-state index >= 15 is 0 Å². The zero-order valence-corrected chi connectivity index (χ0v) is 15.0. The lowest BCUT2D eigenvalue weighted by Gasteiger charge is -2.13. The average Bonchev–Trinajstić information content (AvgIpc) is 3.26. The van der Waals surface area contributed by atoms with Gasteiger partial charge in [-0.1, -0.05) is 6.92 Å². The Morgan fingerprint density at radius 2 is 1.92 bits per heavy atom. The summed E-state index contributed by atoms with van der Waals surface area (Å²) in [7, 11) is -1.65. The predicted molar refractivity (Wildman–Crippen MR) is 95.0 cm³/mol. The molecule has 0 aliphatic carbocycles. The van der Waals surface area contributed by atoms with E-state index in [0.29, 0.717) is 10.6 Å². The van der Waals surface area contributed by atoms with Crippen molar-refractivity contribution in [2.75, 3.05) is 26.0 Å². The maximum atomic E-state index is 12.2. The highest BCUT2D eigenvalue weighted by Crippen LogP contribution is 2.32. The number of likely N-dealkylation sites (tertiary alicyclic amines) is 1. The number of nitrogens with one attached hydrogen (secondary N) is 1. The highest BCUT2D eigenvalue weighted by atomic mass is 32.2. The molecule has 0 atom stereocenters. The normalized spacial score (nSPS) is 15.8. The van der Waals surface area contributed by atoms with Gasteiger partial charge in [0.25, 0.3) is 0 Å². The number of nitrogens with zero attached hydrogens (tertiary/aromatic N) is 1. The van der Waals surface area contributed by atoms with Gasteiger partial charge in [-0.3, -0.25) is 4.90 Å². The van der Waals surface area contributed by atoms with Crippen molar-refractivity contribution in [3.63, 3.8) is 0 Å². The molecule has 1 aromatic heterocycles. The van der Waals surface area contributed by atoms with Gasteiger partial charge in [0, 0.05) is 23.5 Å². The first-order valence-electron chi connectivity index (χ1n) is 8.35. The lowest BCUT2D eigenvalue weighted by atomic mass is 10.1. The smallest absolute Gasteiger partial charge is 0.178 e. The molecular formula is C18H24N2O3S. The average molecular weight is 348 g/mol. The molecule has 0 amide bonds. The van der Waals surface area contributed by atoms with Crippen LogP contribution in [0, 0.1) is 0 Å². The molecule has 1 aliphatic heterocycles. The van der Waals surface area contributed by atoms with Crippen molar-refractivity contribution < 1.29 is 13.2 Å². The van der Waals surface area contributed by atoms with Crippen LogP contribution < -0.4 is 4.74 Å². The third kappa shape index (κ3) is 3.49. The maximum absolute atomic E-state index is 12.2. The van der Waals surface area contributed by atoms with Crippen molar-refractivity contribution in [3.8, 4) is 17.0 Å². The molecule has 3 rings (SSSR count). The molecule has 0 bridgehead atoms. The number of sulfone groups is 1. The van der Waals surface area contributed by atoms with Crippen molar-refractivity contribution in [2.45, 2.75) is 31.2 Å². The number of hydrogen-bond donors (Lipinski definition) is 1. The van der Waals surface area contributed by atoms with Crippen molar-refractivity contribution >= 4 is 9.84 Å². The standard InChI is InChI=1S/C18H24N2O3S/c1-3-24(21,22)15-7-9-18(23-2)16(12-15)17-8-6-14(19-17)13-20-10-4-5-11-20/h6-9,12,19H,3-5,10-11,13H2,1-2H3. The Morgan fingerprint density at radius 3 is 2.58 bits per heavy atom. The maximum Gasteiger partial charge on any atom is 0.178 e. The summed E-state index contributed by atoms with van der Waals surface area (Å²) in [6, 6.07) is 9.08. The Bertz CT molecular complexity index is 805. The number of benzene rings is 1. The second-order valence-electron chi connectivity index (χ2n) is 6.15. The molecule has 130 valence electrons. The zero-order valence-electron chi connectivity index (χ0n) is 14.2. The Hall–Kier alpha value is -1.79. The SMILES string of the molecule is CCS(=O)(=O)c1ccc(OC)c(-c2ccc(CN3CCCC3)[nH]2)c1. The van der Waals surface area contributed by atoms with E-state index in [1.807, 2.05) is 6.07 Å². The molecule has 1 aliphatic rings. The number of hydrogen-bond acceptors (Lipinski definition) is 4. The van der Waals surface area contributed by atoms with Gasteiger partial charge in [0.1, 0.15) is 5.75 Å². The van der Waals surface area contributed by atoms with Crippen LogP contribution in [0.15, 0.2) is 35.2 Å². The van der Waals surface area contributed by atoms with Crippen LogP contribution in [0.25, 0.3) is 11.3 Å². The summed E-state index contributed by atoms with van der Waals surface area (Å²) in [4.78, 5) is 6.16. The molecule has 0 spiro atoms. The summed E-state index contributed by atoms with van der Waals surface area (Å²) in [6.45, 7) is 4.83. The van der Waals surface area contributed by atoms with E-state index in [4.69, 9.17) is 4.74 Å². The molecule has 0 radical (unpaired) electrons. The van der Waals surface area contributed by atoms with Crippen molar-refractivity contribution in [1.29, 1.82) is 0 Å². The van der Waals surface area contributed by atoms with E-state index in [1.54, 1.807) is 32.2 Å². The van der Waals surface area contributed by atoms with Crippen LogP contribution in [0.1, 0.15) is 25.5 Å². The highest BCUT2D eigenvalue weighted by molar-refractivity contribution is 7.91. The predicted octanol–water partition coefficient (Wildman–Crippen LogP) is 3.08. The summed E-state index contributed by atoms with van der Waals surface area (Å²) >= 11 is 0. The van der Waals surface area contributed by atoms with E-state index < -0.39 is 9.84 Å². The first-order valence-corrected chi connectivity index (χ1v) is 10.00. The van der Waals surface area contributed by atoms with Gasteiger partial charge in [0.15, 0.2) is 9.84 Å². The van der Waals surface area contributed by atoms with Crippen LogP contribution in [-0.4, -0.2) is 44.3 Å². The Morgan fingerprint density at radius 1 is 1.17 bits per heavy atom. The topological polar surface area (TPSA) is 62.4 Å². The largest absolute Gasteiger partial charge is 0.496 e. The van der Waals surface area contributed by atoms with Gasteiger partial charge >= 0.3 is 0 Å². The molecule has 24 heavy (non-hydrogen) atoms. The van der Waals surface area contributed by atoms with Gasteiger partial charge in [-0.25, -0.2) is 8.42 Å². The minimum Gasteiger partial charge on any atom is -0.496 e. The van der Waals surface area contributed by atoms with Crippen LogP contribution in [-0.2, 0) is 16.4 Å². The minimum atomic E-state index is -3.24. The van der Waals surface area contributed by atoms with Crippen LogP contribution in [0.2, 0.25) is 0 Å². The Balaban J connectivity index is 1.92. The summed E-state index contributed by atoms with van der Waals surface area (Å²) in [5.74, 6) is 0.753. The van der Waals surface area contributed by atoms with E-state index in [9.17, 15) is 8.42 Å². The second-order valence-corrected chi connectivity index (χ2v) is 8.42. The van der Waals surface area contributed by atoms with E-state index in [-0.39, 0.29) is 5.75 Å². The van der Waals surface area contributed by atoms with Crippen molar-refractivity contribution in [3.05, 3.63) is 36.0 Å². The molecule has 1 N–H and O–H groups in total. The molecule has 6 heteroatoms. The van der Waals surface area contributed by atoms with Gasteiger partial charge in [-0.2, -0.15) is 0 Å². The van der Waals surface area contributed by atoms with Gasteiger partial charge < -0.3 is 9.72 Å². The van der Waals surface area contributed by atoms with Crippen LogP contribution in [0.4, 0.5) is 0 Å². The lowest BCUT2D eigenvalue weighted by Crippen LogP contribution is -2.18. The third-order valence-corrected chi connectivity index (χ3v) is 6.27. The van der Waals surface area contributed by atoms with Gasteiger partial charge in [0.05, 0.1) is 17.8 Å². The molecule has 1 saturated heterocycles. The lowest BCUT2D eigenvalue weighted by molar-refractivity contribution is 0.328.